The number of aryl methyl sites for hydroxylation is 1. The Morgan fingerprint density at radius 3 is 2.46 bits per heavy atom. The van der Waals surface area contributed by atoms with Gasteiger partial charge in [0.25, 0.3) is 0 Å². The Labute approximate surface area is 147 Å². The SMILES string of the molecule is Cc1ccc(CN2CCC3(CC2)C(=O)N(C)[C@H]3c2ccccc2)s1. The monoisotopic (exact) mass is 340 g/mol. The molecular formula is C20H24N2OS. The predicted molar refractivity (Wildman–Crippen MR) is 98.0 cm³/mol. The van der Waals surface area contributed by atoms with Crippen molar-refractivity contribution in [3.05, 3.63) is 57.8 Å². The second kappa shape index (κ2) is 6.01. The molecular weight excluding hydrogens is 316 g/mol. The van der Waals surface area contributed by atoms with Crippen LogP contribution in [0.1, 0.15) is 34.2 Å². The molecule has 2 aliphatic rings. The highest BCUT2D eigenvalue weighted by molar-refractivity contribution is 7.11. The van der Waals surface area contributed by atoms with Crippen LogP contribution in [-0.2, 0) is 11.3 Å². The van der Waals surface area contributed by atoms with E-state index in [0.717, 1.165) is 32.5 Å². The number of carbonyl (C=O) groups is 1. The van der Waals surface area contributed by atoms with E-state index in [0.29, 0.717) is 5.91 Å². The Kier molecular flexibility index (Phi) is 3.97. The van der Waals surface area contributed by atoms with E-state index in [1.54, 1.807) is 0 Å². The largest absolute Gasteiger partial charge is 0.337 e. The number of thiophene rings is 1. The van der Waals surface area contributed by atoms with Crippen molar-refractivity contribution in [2.45, 2.75) is 32.4 Å². The minimum Gasteiger partial charge on any atom is -0.337 e. The summed E-state index contributed by atoms with van der Waals surface area (Å²) in [5.74, 6) is 0.336. The average Bonchev–Trinajstić information content (AvgIpc) is 3.02. The molecule has 0 radical (unpaired) electrons. The van der Waals surface area contributed by atoms with Crippen molar-refractivity contribution in [1.29, 1.82) is 0 Å². The van der Waals surface area contributed by atoms with Crippen LogP contribution in [0, 0.1) is 12.3 Å². The predicted octanol–water partition coefficient (Wildman–Crippen LogP) is 3.85. The van der Waals surface area contributed by atoms with Gasteiger partial charge in [0, 0.05) is 23.3 Å². The molecule has 0 aliphatic carbocycles. The highest BCUT2D eigenvalue weighted by Gasteiger charge is 2.59. The highest BCUT2D eigenvalue weighted by atomic mass is 32.1. The Hall–Kier alpha value is -1.65. The summed E-state index contributed by atoms with van der Waals surface area (Å²) in [5.41, 5.74) is 1.11. The summed E-state index contributed by atoms with van der Waals surface area (Å²) >= 11 is 1.88. The van der Waals surface area contributed by atoms with Crippen molar-refractivity contribution >= 4 is 17.2 Å². The average molecular weight is 340 g/mol. The van der Waals surface area contributed by atoms with Gasteiger partial charge in [-0.05, 0) is 50.6 Å². The molecule has 0 bridgehead atoms. The normalized spacial score (nSPS) is 23.5. The Bertz CT molecular complexity index is 731. The maximum Gasteiger partial charge on any atom is 0.231 e. The van der Waals surface area contributed by atoms with Crippen LogP contribution in [-0.4, -0.2) is 35.8 Å². The van der Waals surface area contributed by atoms with E-state index in [1.807, 2.05) is 29.4 Å². The molecule has 24 heavy (non-hydrogen) atoms. The first-order valence-corrected chi connectivity index (χ1v) is 9.52. The summed E-state index contributed by atoms with van der Waals surface area (Å²) in [5, 5.41) is 0. The molecule has 2 aliphatic heterocycles. The van der Waals surface area contributed by atoms with Gasteiger partial charge in [-0.3, -0.25) is 9.69 Å². The smallest absolute Gasteiger partial charge is 0.231 e. The number of rotatable bonds is 3. The van der Waals surface area contributed by atoms with E-state index in [2.05, 4.69) is 48.2 Å². The lowest BCUT2D eigenvalue weighted by atomic mass is 9.62. The molecule has 2 aromatic rings. The number of benzene rings is 1. The minimum absolute atomic E-state index is 0.169. The lowest BCUT2D eigenvalue weighted by Gasteiger charge is -2.58. The van der Waals surface area contributed by atoms with E-state index in [9.17, 15) is 4.79 Å². The standard InChI is InChI=1S/C20H24N2OS/c1-15-8-9-17(24-15)14-22-12-10-20(11-13-22)18(21(2)19(20)23)16-6-4-3-5-7-16/h3-9,18H,10-14H2,1-2H3/t18-/m0/s1. The van der Waals surface area contributed by atoms with Crippen LogP contribution in [0.25, 0.3) is 0 Å². The Morgan fingerprint density at radius 2 is 1.83 bits per heavy atom. The van der Waals surface area contributed by atoms with Gasteiger partial charge in [-0.2, -0.15) is 0 Å². The summed E-state index contributed by atoms with van der Waals surface area (Å²) in [7, 11) is 1.95. The van der Waals surface area contributed by atoms with Crippen LogP contribution < -0.4 is 0 Å². The molecule has 1 spiro atoms. The van der Waals surface area contributed by atoms with Gasteiger partial charge in [-0.1, -0.05) is 30.3 Å². The van der Waals surface area contributed by atoms with Gasteiger partial charge < -0.3 is 4.90 Å². The molecule has 1 aromatic heterocycles. The lowest BCUT2D eigenvalue weighted by molar-refractivity contribution is -0.176. The van der Waals surface area contributed by atoms with Crippen LogP contribution >= 0.6 is 11.3 Å². The fraction of sp³-hybridized carbons (Fsp3) is 0.450. The van der Waals surface area contributed by atoms with E-state index in [4.69, 9.17) is 0 Å². The third kappa shape index (κ3) is 2.49. The summed E-state index contributed by atoms with van der Waals surface area (Å²) in [6.07, 6.45) is 1.94. The van der Waals surface area contributed by atoms with Crippen LogP contribution in [0.2, 0.25) is 0 Å². The van der Waals surface area contributed by atoms with Gasteiger partial charge in [0.05, 0.1) is 11.5 Å². The minimum atomic E-state index is -0.169. The van der Waals surface area contributed by atoms with Crippen LogP contribution in [0.5, 0.6) is 0 Å². The number of piperidine rings is 1. The van der Waals surface area contributed by atoms with E-state index in [1.165, 1.54) is 15.3 Å². The summed E-state index contributed by atoms with van der Waals surface area (Å²) in [4.78, 5) is 19.9. The number of amides is 1. The molecule has 4 rings (SSSR count). The molecule has 1 aromatic carbocycles. The highest BCUT2D eigenvalue weighted by Crippen LogP contribution is 2.55. The first-order valence-electron chi connectivity index (χ1n) is 8.70. The van der Waals surface area contributed by atoms with Gasteiger partial charge >= 0.3 is 0 Å². The fourth-order valence-electron chi connectivity index (χ4n) is 4.46. The number of β-lactam (4-membered cyclic amide) rings is 1. The molecule has 1 amide bonds. The van der Waals surface area contributed by atoms with Gasteiger partial charge in [-0.15, -0.1) is 11.3 Å². The van der Waals surface area contributed by atoms with Crippen molar-refractivity contribution in [2.24, 2.45) is 5.41 Å². The molecule has 0 saturated carbocycles. The Morgan fingerprint density at radius 1 is 1.12 bits per heavy atom. The number of nitrogens with zero attached hydrogens (tertiary/aromatic N) is 2. The summed E-state index contributed by atoms with van der Waals surface area (Å²) in [6.45, 7) is 5.21. The number of hydrogen-bond donors (Lipinski definition) is 0. The van der Waals surface area contributed by atoms with Crippen LogP contribution in [0.3, 0.4) is 0 Å². The van der Waals surface area contributed by atoms with E-state index in [-0.39, 0.29) is 11.5 Å². The number of hydrogen-bond acceptors (Lipinski definition) is 3. The van der Waals surface area contributed by atoms with Gasteiger partial charge in [0.2, 0.25) is 5.91 Å². The van der Waals surface area contributed by atoms with Crippen molar-refractivity contribution in [3.8, 4) is 0 Å². The maximum atomic E-state index is 12.7. The summed E-state index contributed by atoms with van der Waals surface area (Å²) < 4.78 is 0. The second-order valence-corrected chi connectivity index (χ2v) is 8.55. The van der Waals surface area contributed by atoms with Crippen molar-refractivity contribution in [2.75, 3.05) is 20.1 Å². The molecule has 3 heterocycles. The molecule has 2 saturated heterocycles. The number of likely N-dealkylation sites (tertiary alicyclic amines) is 2. The second-order valence-electron chi connectivity index (χ2n) is 7.17. The third-order valence-electron chi connectivity index (χ3n) is 5.70. The van der Waals surface area contributed by atoms with Crippen LogP contribution in [0.4, 0.5) is 0 Å². The quantitative estimate of drug-likeness (QED) is 0.792. The fourth-order valence-corrected chi connectivity index (χ4v) is 5.39. The molecule has 2 fully saturated rings. The topological polar surface area (TPSA) is 23.6 Å². The molecule has 126 valence electrons. The van der Waals surface area contributed by atoms with Crippen molar-refractivity contribution in [3.63, 3.8) is 0 Å². The van der Waals surface area contributed by atoms with E-state index >= 15 is 0 Å². The zero-order valence-electron chi connectivity index (χ0n) is 14.4. The van der Waals surface area contributed by atoms with Gasteiger partial charge in [0.1, 0.15) is 0 Å². The van der Waals surface area contributed by atoms with Gasteiger partial charge in [0.15, 0.2) is 0 Å². The molecule has 0 N–H and O–H groups in total. The van der Waals surface area contributed by atoms with E-state index < -0.39 is 0 Å². The first-order chi connectivity index (χ1) is 11.6. The van der Waals surface area contributed by atoms with Crippen LogP contribution in [0.15, 0.2) is 42.5 Å². The lowest BCUT2D eigenvalue weighted by Crippen LogP contribution is -2.64. The maximum absolute atomic E-state index is 12.7. The molecule has 3 nitrogen and oxygen atoms in total. The summed E-state index contributed by atoms with van der Waals surface area (Å²) in [6, 6.07) is 15.2. The molecule has 0 unspecified atom stereocenters. The third-order valence-corrected chi connectivity index (χ3v) is 6.68. The van der Waals surface area contributed by atoms with Crippen molar-refractivity contribution < 1.29 is 4.79 Å². The van der Waals surface area contributed by atoms with Crippen molar-refractivity contribution in [1.82, 2.24) is 9.80 Å². The van der Waals surface area contributed by atoms with Gasteiger partial charge in [-0.25, -0.2) is 0 Å². The first kappa shape index (κ1) is 15.9. The molecule has 4 heteroatoms. The zero-order chi connectivity index (χ0) is 16.7. The Balaban J connectivity index is 1.47. The zero-order valence-corrected chi connectivity index (χ0v) is 15.2. The number of carbonyl (C=O) groups excluding carboxylic acids is 1. The molecule has 1 atom stereocenters.